The van der Waals surface area contributed by atoms with E-state index < -0.39 is 37.6 Å². The summed E-state index contributed by atoms with van der Waals surface area (Å²) in [5, 5.41) is 34.7. The van der Waals surface area contributed by atoms with Gasteiger partial charge < -0.3 is 0 Å². The van der Waals surface area contributed by atoms with Crippen molar-refractivity contribution in [3.8, 4) is 11.1 Å². The molecule has 0 aromatic heterocycles. The van der Waals surface area contributed by atoms with Gasteiger partial charge in [-0.3, -0.25) is 35.1 Å². The van der Waals surface area contributed by atoms with Crippen LogP contribution in [-0.2, 0) is 6.42 Å². The minimum Gasteiger partial charge on any atom is -0.289 e. The lowest BCUT2D eigenvalue weighted by Gasteiger charge is -2.09. The molecular formula is C25H29N3O7. The van der Waals surface area contributed by atoms with Gasteiger partial charge in [-0.15, -0.1) is 0 Å². The van der Waals surface area contributed by atoms with Crippen molar-refractivity contribution in [3.63, 3.8) is 0 Å². The minimum atomic E-state index is -0.840. The second-order valence-corrected chi connectivity index (χ2v) is 8.91. The van der Waals surface area contributed by atoms with Gasteiger partial charge in [0.2, 0.25) is 0 Å². The Morgan fingerprint density at radius 1 is 0.657 bits per heavy atom. The number of fused-ring (bicyclic) bond motifs is 3. The summed E-state index contributed by atoms with van der Waals surface area (Å²) in [6.45, 7) is 2.19. The number of hydrogen-bond acceptors (Lipinski definition) is 7. The van der Waals surface area contributed by atoms with E-state index in [-0.39, 0.29) is 22.3 Å². The molecule has 10 nitrogen and oxygen atoms in total. The van der Waals surface area contributed by atoms with E-state index in [0.717, 1.165) is 37.8 Å². The summed E-state index contributed by atoms with van der Waals surface area (Å²) >= 11 is 0. The number of rotatable bonds is 14. The lowest BCUT2D eigenvalue weighted by Crippen LogP contribution is -2.03. The number of nitro groups is 3. The molecule has 0 spiro atoms. The molecule has 10 heteroatoms. The van der Waals surface area contributed by atoms with E-state index in [9.17, 15) is 35.1 Å². The number of benzene rings is 2. The number of carbonyl (C=O) groups is 1. The van der Waals surface area contributed by atoms with Gasteiger partial charge in [-0.05, 0) is 18.4 Å². The molecule has 0 radical (unpaired) electrons. The lowest BCUT2D eigenvalue weighted by molar-refractivity contribution is -0.394. The minimum absolute atomic E-state index is 0.0497. The Kier molecular flexibility index (Phi) is 8.62. The summed E-state index contributed by atoms with van der Waals surface area (Å²) in [4.78, 5) is 45.6. The van der Waals surface area contributed by atoms with E-state index in [1.807, 2.05) is 0 Å². The van der Waals surface area contributed by atoms with Crippen molar-refractivity contribution in [2.45, 2.75) is 77.6 Å². The number of aryl methyl sites for hydroxylation is 1. The van der Waals surface area contributed by atoms with Crippen LogP contribution in [0.5, 0.6) is 0 Å². The molecular weight excluding hydrogens is 454 g/mol. The second kappa shape index (κ2) is 11.6. The third kappa shape index (κ3) is 5.70. The van der Waals surface area contributed by atoms with Crippen molar-refractivity contribution in [1.82, 2.24) is 0 Å². The molecule has 0 N–H and O–H groups in total. The molecule has 0 saturated heterocycles. The first kappa shape index (κ1) is 25.9. The highest BCUT2D eigenvalue weighted by atomic mass is 16.6. The molecule has 0 unspecified atom stereocenters. The van der Waals surface area contributed by atoms with Crippen LogP contribution in [0.1, 0.15) is 92.6 Å². The fourth-order valence-electron chi connectivity index (χ4n) is 4.75. The molecule has 0 bridgehead atoms. The maximum absolute atomic E-state index is 13.2. The van der Waals surface area contributed by atoms with Crippen LogP contribution in [0.25, 0.3) is 11.1 Å². The third-order valence-electron chi connectivity index (χ3n) is 6.50. The Hall–Kier alpha value is -3.69. The first-order valence-corrected chi connectivity index (χ1v) is 12.1. The fraction of sp³-hybridized carbons (Fsp3) is 0.480. The Morgan fingerprint density at radius 3 is 1.77 bits per heavy atom. The summed E-state index contributed by atoms with van der Waals surface area (Å²) in [5.74, 6) is -0.646. The van der Waals surface area contributed by atoms with E-state index in [4.69, 9.17) is 0 Å². The number of nitrogens with zero attached hydrogens (tertiary/aromatic N) is 3. The Bertz CT molecular complexity index is 1160. The summed E-state index contributed by atoms with van der Waals surface area (Å²) in [5.41, 5.74) is -1.64. The van der Waals surface area contributed by atoms with Crippen molar-refractivity contribution >= 4 is 22.8 Å². The molecule has 2 aromatic rings. The molecule has 2 aromatic carbocycles. The van der Waals surface area contributed by atoms with E-state index in [1.165, 1.54) is 50.7 Å². The number of non-ortho nitro benzene ring substituents is 1. The van der Waals surface area contributed by atoms with Crippen LogP contribution in [-0.4, -0.2) is 20.6 Å². The topological polar surface area (TPSA) is 146 Å². The van der Waals surface area contributed by atoms with Crippen LogP contribution in [0.4, 0.5) is 17.1 Å². The molecule has 3 rings (SSSR count). The largest absolute Gasteiger partial charge is 0.289 e. The normalized spacial score (nSPS) is 11.9. The fourth-order valence-corrected chi connectivity index (χ4v) is 4.75. The molecule has 0 fully saturated rings. The monoisotopic (exact) mass is 483 g/mol. The van der Waals surface area contributed by atoms with E-state index >= 15 is 0 Å². The number of hydrogen-bond donors (Lipinski definition) is 0. The van der Waals surface area contributed by atoms with Gasteiger partial charge in [-0.2, -0.15) is 0 Å². The van der Waals surface area contributed by atoms with Crippen molar-refractivity contribution in [2.24, 2.45) is 0 Å². The first-order chi connectivity index (χ1) is 16.8. The van der Waals surface area contributed by atoms with Crippen LogP contribution >= 0.6 is 0 Å². The third-order valence-corrected chi connectivity index (χ3v) is 6.50. The zero-order valence-corrected chi connectivity index (χ0v) is 19.8. The molecule has 0 atom stereocenters. The second-order valence-electron chi connectivity index (χ2n) is 8.91. The highest BCUT2D eigenvalue weighted by Crippen LogP contribution is 2.49. The molecule has 186 valence electrons. The standard InChI is InChI=1S/C25H29N3O7/c1-2-3-4-5-6-7-8-9-10-11-12-17-13-14-20(27(32)33)24-22(17)25(29)19-15-18(26(30)31)16-21(23(19)24)28(34)35/h13-16H,2-12H2,1H3. The predicted octanol–water partition coefficient (Wildman–Crippen LogP) is 7.09. The van der Waals surface area contributed by atoms with Gasteiger partial charge >= 0.3 is 0 Å². The van der Waals surface area contributed by atoms with E-state index in [0.29, 0.717) is 12.0 Å². The highest BCUT2D eigenvalue weighted by Gasteiger charge is 2.41. The van der Waals surface area contributed by atoms with Gasteiger partial charge in [0.05, 0.1) is 32.0 Å². The van der Waals surface area contributed by atoms with Gasteiger partial charge in [0.25, 0.3) is 17.1 Å². The van der Waals surface area contributed by atoms with Gasteiger partial charge in [0, 0.05) is 23.3 Å². The Balaban J connectivity index is 1.81. The van der Waals surface area contributed by atoms with Crippen LogP contribution in [0.2, 0.25) is 0 Å². The predicted molar refractivity (Wildman–Crippen MR) is 131 cm³/mol. The molecule has 35 heavy (non-hydrogen) atoms. The van der Waals surface area contributed by atoms with Crippen molar-refractivity contribution in [1.29, 1.82) is 0 Å². The Morgan fingerprint density at radius 2 is 1.23 bits per heavy atom. The molecule has 1 aliphatic rings. The Labute approximate surface area is 202 Å². The molecule has 1 aliphatic carbocycles. The maximum atomic E-state index is 13.2. The van der Waals surface area contributed by atoms with E-state index in [1.54, 1.807) is 0 Å². The number of unbranched alkanes of at least 4 members (excludes halogenated alkanes) is 9. The van der Waals surface area contributed by atoms with Crippen molar-refractivity contribution in [2.75, 3.05) is 0 Å². The van der Waals surface area contributed by atoms with Crippen LogP contribution in [0.15, 0.2) is 24.3 Å². The number of carbonyl (C=O) groups excluding carboxylic acids is 1. The summed E-state index contributed by atoms with van der Waals surface area (Å²) in [6.07, 6.45) is 11.8. The number of nitro benzene ring substituents is 3. The van der Waals surface area contributed by atoms with Gasteiger partial charge in [0.1, 0.15) is 0 Å². The van der Waals surface area contributed by atoms with Gasteiger partial charge in [-0.1, -0.05) is 70.8 Å². The smallest absolute Gasteiger partial charge is 0.285 e. The summed E-state index contributed by atoms with van der Waals surface area (Å²) in [7, 11) is 0. The molecule has 0 amide bonds. The van der Waals surface area contributed by atoms with Gasteiger partial charge in [0.15, 0.2) is 5.78 Å². The van der Waals surface area contributed by atoms with Crippen LogP contribution in [0.3, 0.4) is 0 Å². The van der Waals surface area contributed by atoms with Crippen molar-refractivity contribution in [3.05, 3.63) is 71.3 Å². The lowest BCUT2D eigenvalue weighted by atomic mass is 9.94. The molecule has 0 saturated carbocycles. The van der Waals surface area contributed by atoms with Gasteiger partial charge in [-0.25, -0.2) is 0 Å². The zero-order chi connectivity index (χ0) is 25.5. The molecule has 0 heterocycles. The maximum Gasteiger partial charge on any atom is 0.285 e. The summed E-state index contributed by atoms with van der Waals surface area (Å²) < 4.78 is 0. The average molecular weight is 484 g/mol. The van der Waals surface area contributed by atoms with Crippen LogP contribution in [0, 0.1) is 30.3 Å². The van der Waals surface area contributed by atoms with Crippen molar-refractivity contribution < 1.29 is 19.6 Å². The number of ketones is 1. The molecule has 0 aliphatic heterocycles. The average Bonchev–Trinajstić information content (AvgIpc) is 3.12. The SMILES string of the molecule is CCCCCCCCCCCCc1ccc([N+](=O)[O-])c2c1C(=O)c1cc([N+](=O)[O-])cc([N+](=O)[O-])c1-2. The zero-order valence-electron chi connectivity index (χ0n) is 19.8. The summed E-state index contributed by atoms with van der Waals surface area (Å²) in [6, 6.07) is 4.51. The highest BCUT2D eigenvalue weighted by molar-refractivity contribution is 6.25. The van der Waals surface area contributed by atoms with Crippen LogP contribution < -0.4 is 0 Å². The van der Waals surface area contributed by atoms with E-state index in [2.05, 4.69) is 6.92 Å². The quantitative estimate of drug-likeness (QED) is 0.135. The first-order valence-electron chi connectivity index (χ1n) is 12.1.